The molecule has 2 N–H and O–H groups in total. The van der Waals surface area contributed by atoms with Crippen LogP contribution in [0.4, 0.5) is 4.39 Å². The van der Waals surface area contributed by atoms with Gasteiger partial charge in [-0.25, -0.2) is 4.39 Å². The molecular weight excluding hydrogens is 285 g/mol. The number of amides is 2. The van der Waals surface area contributed by atoms with Crippen molar-refractivity contribution in [1.82, 2.24) is 15.5 Å². The summed E-state index contributed by atoms with van der Waals surface area (Å²) in [6, 6.07) is 5.60. The second kappa shape index (κ2) is 8.48. The Bertz CT molecular complexity index is 503. The lowest BCUT2D eigenvalue weighted by Gasteiger charge is -2.23. The van der Waals surface area contributed by atoms with Gasteiger partial charge in [-0.15, -0.1) is 0 Å². The highest BCUT2D eigenvalue weighted by Crippen LogP contribution is 2.03. The number of hydrogen-bond acceptors (Lipinski definition) is 3. The van der Waals surface area contributed by atoms with Gasteiger partial charge in [0.05, 0.1) is 12.6 Å². The molecule has 5 nitrogen and oxygen atoms in total. The summed E-state index contributed by atoms with van der Waals surface area (Å²) in [6.45, 7) is 5.99. The van der Waals surface area contributed by atoms with Crippen molar-refractivity contribution in [3.05, 3.63) is 35.6 Å². The SMILES string of the molecule is CC(C)NC(=O)CN(C)[C@H](C)C(=O)NCc1ccc(F)cc1. The molecule has 1 aromatic carbocycles. The highest BCUT2D eigenvalue weighted by Gasteiger charge is 2.20. The Morgan fingerprint density at radius 2 is 1.77 bits per heavy atom. The van der Waals surface area contributed by atoms with Gasteiger partial charge < -0.3 is 10.6 Å². The van der Waals surface area contributed by atoms with Gasteiger partial charge >= 0.3 is 0 Å². The number of likely N-dealkylation sites (N-methyl/N-ethyl adjacent to an activating group) is 1. The molecule has 0 unspecified atom stereocenters. The van der Waals surface area contributed by atoms with Gasteiger partial charge in [-0.05, 0) is 45.5 Å². The number of rotatable bonds is 7. The van der Waals surface area contributed by atoms with Crippen LogP contribution in [-0.2, 0) is 16.1 Å². The van der Waals surface area contributed by atoms with Crippen molar-refractivity contribution < 1.29 is 14.0 Å². The number of halogens is 1. The van der Waals surface area contributed by atoms with E-state index in [0.29, 0.717) is 6.54 Å². The zero-order valence-electron chi connectivity index (χ0n) is 13.5. The Balaban J connectivity index is 2.43. The van der Waals surface area contributed by atoms with Crippen molar-refractivity contribution >= 4 is 11.8 Å². The summed E-state index contributed by atoms with van der Waals surface area (Å²) in [7, 11) is 1.72. The predicted molar refractivity (Wildman–Crippen MR) is 83.6 cm³/mol. The molecule has 0 spiro atoms. The number of hydrogen-bond donors (Lipinski definition) is 2. The van der Waals surface area contributed by atoms with Crippen LogP contribution >= 0.6 is 0 Å². The van der Waals surface area contributed by atoms with Gasteiger partial charge in [0.15, 0.2) is 0 Å². The average molecular weight is 309 g/mol. The maximum absolute atomic E-state index is 12.8. The lowest BCUT2D eigenvalue weighted by atomic mass is 10.2. The van der Waals surface area contributed by atoms with E-state index in [1.807, 2.05) is 13.8 Å². The second-order valence-corrected chi connectivity index (χ2v) is 5.66. The fourth-order valence-corrected chi connectivity index (χ4v) is 1.87. The molecule has 0 bridgehead atoms. The van der Waals surface area contributed by atoms with Crippen LogP contribution in [0.25, 0.3) is 0 Å². The first kappa shape index (κ1) is 18.1. The molecule has 122 valence electrons. The molecule has 0 saturated heterocycles. The van der Waals surface area contributed by atoms with Crippen molar-refractivity contribution in [2.24, 2.45) is 0 Å². The van der Waals surface area contributed by atoms with Crippen LogP contribution in [0.2, 0.25) is 0 Å². The summed E-state index contributed by atoms with van der Waals surface area (Å²) in [6.07, 6.45) is 0. The molecule has 0 fully saturated rings. The molecule has 6 heteroatoms. The molecular formula is C16H24FN3O2. The third-order valence-electron chi connectivity index (χ3n) is 3.26. The van der Waals surface area contributed by atoms with Gasteiger partial charge in [0.25, 0.3) is 0 Å². The zero-order valence-corrected chi connectivity index (χ0v) is 13.5. The summed E-state index contributed by atoms with van der Waals surface area (Å²) in [5, 5.41) is 5.56. The maximum Gasteiger partial charge on any atom is 0.237 e. The Kier molecular flexibility index (Phi) is 6.98. The molecule has 1 rings (SSSR count). The van der Waals surface area contributed by atoms with Crippen molar-refractivity contribution in [2.45, 2.75) is 39.4 Å². The Labute approximate surface area is 130 Å². The first-order chi connectivity index (χ1) is 10.3. The fraction of sp³-hybridized carbons (Fsp3) is 0.500. The number of carbonyl (C=O) groups is 2. The first-order valence-corrected chi connectivity index (χ1v) is 7.31. The van der Waals surface area contributed by atoms with Crippen LogP contribution in [0, 0.1) is 5.82 Å². The van der Waals surface area contributed by atoms with Gasteiger partial charge in [-0.3, -0.25) is 14.5 Å². The molecule has 0 radical (unpaired) electrons. The van der Waals surface area contributed by atoms with Crippen molar-refractivity contribution in [3.8, 4) is 0 Å². The quantitative estimate of drug-likeness (QED) is 0.798. The van der Waals surface area contributed by atoms with E-state index in [1.165, 1.54) is 12.1 Å². The van der Waals surface area contributed by atoms with Crippen molar-refractivity contribution in [1.29, 1.82) is 0 Å². The monoisotopic (exact) mass is 309 g/mol. The maximum atomic E-state index is 12.8. The molecule has 2 amide bonds. The largest absolute Gasteiger partial charge is 0.353 e. The zero-order chi connectivity index (χ0) is 16.7. The normalized spacial score (nSPS) is 12.3. The van der Waals surface area contributed by atoms with E-state index in [2.05, 4.69) is 10.6 Å². The number of carbonyl (C=O) groups excluding carboxylic acids is 2. The molecule has 0 aliphatic carbocycles. The Hall–Kier alpha value is -1.95. The molecule has 0 aliphatic heterocycles. The van der Waals surface area contributed by atoms with Gasteiger partial charge in [0.1, 0.15) is 5.82 Å². The molecule has 0 aliphatic rings. The standard InChI is InChI=1S/C16H24FN3O2/c1-11(2)19-15(21)10-20(4)12(3)16(22)18-9-13-5-7-14(17)8-6-13/h5-8,11-12H,9-10H2,1-4H3,(H,18,22)(H,19,21)/t12-/m1/s1. The lowest BCUT2D eigenvalue weighted by Crippen LogP contribution is -2.47. The van der Waals surface area contributed by atoms with E-state index in [0.717, 1.165) is 5.56 Å². The highest BCUT2D eigenvalue weighted by molar-refractivity contribution is 5.83. The minimum absolute atomic E-state index is 0.0727. The van der Waals surface area contributed by atoms with E-state index in [-0.39, 0.29) is 30.2 Å². The van der Waals surface area contributed by atoms with Crippen LogP contribution in [0.3, 0.4) is 0 Å². The van der Waals surface area contributed by atoms with Crippen LogP contribution < -0.4 is 10.6 Å². The summed E-state index contributed by atoms with van der Waals surface area (Å²) in [5.41, 5.74) is 0.821. The van der Waals surface area contributed by atoms with E-state index in [9.17, 15) is 14.0 Å². The number of nitrogens with zero attached hydrogens (tertiary/aromatic N) is 1. The fourth-order valence-electron chi connectivity index (χ4n) is 1.87. The van der Waals surface area contributed by atoms with Crippen LogP contribution in [0.15, 0.2) is 24.3 Å². The summed E-state index contributed by atoms with van der Waals surface area (Å²) in [5.74, 6) is -0.598. The third kappa shape index (κ3) is 6.22. The van der Waals surface area contributed by atoms with Crippen LogP contribution in [0.5, 0.6) is 0 Å². The molecule has 1 atom stereocenters. The topological polar surface area (TPSA) is 61.4 Å². The predicted octanol–water partition coefficient (Wildman–Crippen LogP) is 1.29. The van der Waals surface area contributed by atoms with E-state index in [1.54, 1.807) is 31.0 Å². The molecule has 1 aromatic rings. The summed E-state index contributed by atoms with van der Waals surface area (Å²) >= 11 is 0. The van der Waals surface area contributed by atoms with Crippen molar-refractivity contribution in [3.63, 3.8) is 0 Å². The number of nitrogens with one attached hydrogen (secondary N) is 2. The van der Waals surface area contributed by atoms with Gasteiger partial charge in [-0.2, -0.15) is 0 Å². The van der Waals surface area contributed by atoms with Crippen LogP contribution in [0.1, 0.15) is 26.3 Å². The lowest BCUT2D eigenvalue weighted by molar-refractivity contribution is -0.128. The van der Waals surface area contributed by atoms with E-state index in [4.69, 9.17) is 0 Å². The Morgan fingerprint density at radius 3 is 2.32 bits per heavy atom. The van der Waals surface area contributed by atoms with Gasteiger partial charge in [0, 0.05) is 12.6 Å². The minimum atomic E-state index is -0.432. The second-order valence-electron chi connectivity index (χ2n) is 5.66. The molecule has 22 heavy (non-hydrogen) atoms. The third-order valence-corrected chi connectivity index (χ3v) is 3.26. The summed E-state index contributed by atoms with van der Waals surface area (Å²) < 4.78 is 12.8. The Morgan fingerprint density at radius 1 is 1.18 bits per heavy atom. The minimum Gasteiger partial charge on any atom is -0.353 e. The van der Waals surface area contributed by atoms with Crippen molar-refractivity contribution in [2.75, 3.05) is 13.6 Å². The highest BCUT2D eigenvalue weighted by atomic mass is 19.1. The van der Waals surface area contributed by atoms with Gasteiger partial charge in [-0.1, -0.05) is 12.1 Å². The molecule has 0 saturated carbocycles. The first-order valence-electron chi connectivity index (χ1n) is 7.31. The summed E-state index contributed by atoms with van der Waals surface area (Å²) in [4.78, 5) is 25.4. The van der Waals surface area contributed by atoms with Gasteiger partial charge in [0.2, 0.25) is 11.8 Å². The molecule has 0 aromatic heterocycles. The molecule has 0 heterocycles. The number of benzene rings is 1. The van der Waals surface area contributed by atoms with E-state index < -0.39 is 6.04 Å². The van der Waals surface area contributed by atoms with E-state index >= 15 is 0 Å². The average Bonchev–Trinajstić information content (AvgIpc) is 2.44. The van der Waals surface area contributed by atoms with Crippen LogP contribution in [-0.4, -0.2) is 42.4 Å². The smallest absolute Gasteiger partial charge is 0.237 e.